The van der Waals surface area contributed by atoms with Crippen LogP contribution in [0.4, 0.5) is 11.4 Å². The van der Waals surface area contributed by atoms with Crippen molar-refractivity contribution in [1.82, 2.24) is 0 Å². The molecule has 2 N–H and O–H groups in total. The lowest BCUT2D eigenvalue weighted by Gasteiger charge is -2.36. The fourth-order valence-corrected chi connectivity index (χ4v) is 4.95. The summed E-state index contributed by atoms with van der Waals surface area (Å²) in [7, 11) is -3.19. The molecule has 0 amide bonds. The summed E-state index contributed by atoms with van der Waals surface area (Å²) in [6.07, 6.45) is 1.24. The Balaban J connectivity index is 2.47. The first-order chi connectivity index (χ1) is 8.95. The maximum absolute atomic E-state index is 11.9. The summed E-state index contributed by atoms with van der Waals surface area (Å²) < 4.78 is 23.7. The molecule has 1 aliphatic heterocycles. The zero-order valence-corrected chi connectivity index (χ0v) is 12.2. The van der Waals surface area contributed by atoms with Gasteiger partial charge in [-0.05, 0) is 12.1 Å². The van der Waals surface area contributed by atoms with E-state index < -0.39 is 15.2 Å². The molecule has 19 heavy (non-hydrogen) atoms. The van der Waals surface area contributed by atoms with Crippen LogP contribution in [0.25, 0.3) is 0 Å². The van der Waals surface area contributed by atoms with E-state index in [9.17, 15) is 8.42 Å². The number of para-hydroxylation sites is 1. The predicted molar refractivity (Wildman–Crippen MR) is 78.9 cm³/mol. The van der Waals surface area contributed by atoms with Crippen LogP contribution in [0.1, 0.15) is 5.56 Å². The minimum absolute atomic E-state index is 0.352. The standard InChI is InChI=1S/C12H15N3O2S2/c1-19(16,17)11-8-18-6-5-15(11)10-4-2-3-9(7-13)12(10)14/h2-4,11H,5-6,8,14H2,1H3. The van der Waals surface area contributed by atoms with Crippen molar-refractivity contribution >= 4 is 33.0 Å². The van der Waals surface area contributed by atoms with Gasteiger partial charge in [-0.25, -0.2) is 8.42 Å². The first-order valence-electron chi connectivity index (χ1n) is 5.77. The van der Waals surface area contributed by atoms with Crippen molar-refractivity contribution in [1.29, 1.82) is 5.26 Å². The van der Waals surface area contributed by atoms with E-state index in [0.717, 1.165) is 5.75 Å². The van der Waals surface area contributed by atoms with Crippen LogP contribution in [-0.2, 0) is 9.84 Å². The summed E-state index contributed by atoms with van der Waals surface area (Å²) in [6.45, 7) is 0.613. The highest BCUT2D eigenvalue weighted by molar-refractivity contribution is 8.01. The van der Waals surface area contributed by atoms with Crippen molar-refractivity contribution in [2.45, 2.75) is 5.37 Å². The number of sulfone groups is 1. The third kappa shape index (κ3) is 2.80. The molecule has 1 unspecified atom stereocenters. The van der Waals surface area contributed by atoms with Gasteiger partial charge in [-0.1, -0.05) is 6.07 Å². The van der Waals surface area contributed by atoms with Crippen LogP contribution in [0, 0.1) is 11.3 Å². The van der Waals surface area contributed by atoms with Crippen LogP contribution in [0.5, 0.6) is 0 Å². The Hall–Kier alpha value is -1.39. The van der Waals surface area contributed by atoms with Crippen molar-refractivity contribution in [2.24, 2.45) is 0 Å². The molecule has 0 aliphatic carbocycles. The van der Waals surface area contributed by atoms with E-state index in [0.29, 0.717) is 29.2 Å². The van der Waals surface area contributed by atoms with Gasteiger partial charge in [0.25, 0.3) is 0 Å². The number of thioether (sulfide) groups is 1. The summed E-state index contributed by atoms with van der Waals surface area (Å²) in [5.74, 6) is 1.37. The van der Waals surface area contributed by atoms with Gasteiger partial charge in [0.2, 0.25) is 0 Å². The van der Waals surface area contributed by atoms with Crippen LogP contribution in [0.15, 0.2) is 18.2 Å². The monoisotopic (exact) mass is 297 g/mol. The van der Waals surface area contributed by atoms with Gasteiger partial charge in [0.05, 0.1) is 16.9 Å². The van der Waals surface area contributed by atoms with Crippen LogP contribution in [0.3, 0.4) is 0 Å². The number of benzene rings is 1. The first-order valence-corrected chi connectivity index (χ1v) is 8.88. The summed E-state index contributed by atoms with van der Waals surface area (Å²) >= 11 is 1.62. The smallest absolute Gasteiger partial charge is 0.169 e. The minimum atomic E-state index is -3.19. The third-order valence-corrected chi connectivity index (χ3v) is 5.74. The third-order valence-electron chi connectivity index (χ3n) is 3.09. The average Bonchev–Trinajstić information content (AvgIpc) is 2.38. The van der Waals surface area contributed by atoms with Crippen molar-refractivity contribution in [2.75, 3.05) is 34.9 Å². The Kier molecular flexibility index (Phi) is 3.92. The summed E-state index contributed by atoms with van der Waals surface area (Å²) in [4.78, 5) is 1.79. The van der Waals surface area contributed by atoms with Gasteiger partial charge in [0.1, 0.15) is 11.4 Å². The molecule has 1 atom stereocenters. The molecule has 7 heteroatoms. The molecule has 0 saturated carbocycles. The zero-order valence-electron chi connectivity index (χ0n) is 10.5. The summed E-state index contributed by atoms with van der Waals surface area (Å²) in [5, 5.41) is 8.42. The number of hydrogen-bond acceptors (Lipinski definition) is 6. The fourth-order valence-electron chi connectivity index (χ4n) is 2.11. The zero-order chi connectivity index (χ0) is 14.0. The number of nitrogen functional groups attached to an aromatic ring is 1. The van der Waals surface area contributed by atoms with Gasteiger partial charge < -0.3 is 10.6 Å². The Morgan fingerprint density at radius 3 is 2.89 bits per heavy atom. The van der Waals surface area contributed by atoms with Crippen LogP contribution >= 0.6 is 11.8 Å². The van der Waals surface area contributed by atoms with Crippen LogP contribution in [-0.4, -0.2) is 38.1 Å². The molecule has 1 fully saturated rings. The highest BCUT2D eigenvalue weighted by Crippen LogP contribution is 2.32. The fraction of sp³-hybridized carbons (Fsp3) is 0.417. The normalized spacial score (nSPS) is 20.0. The number of rotatable bonds is 2. The van der Waals surface area contributed by atoms with E-state index in [2.05, 4.69) is 0 Å². The highest BCUT2D eigenvalue weighted by atomic mass is 32.2. The number of hydrogen-bond donors (Lipinski definition) is 1. The molecular weight excluding hydrogens is 282 g/mol. The van der Waals surface area contributed by atoms with E-state index >= 15 is 0 Å². The van der Waals surface area contributed by atoms with Gasteiger partial charge >= 0.3 is 0 Å². The lowest BCUT2D eigenvalue weighted by Crippen LogP contribution is -2.47. The van der Waals surface area contributed by atoms with Crippen molar-refractivity contribution in [3.8, 4) is 6.07 Å². The maximum atomic E-state index is 11.9. The van der Waals surface area contributed by atoms with Crippen LogP contribution in [0.2, 0.25) is 0 Å². The molecule has 2 rings (SSSR count). The Labute approximate surface area is 117 Å². The predicted octanol–water partition coefficient (Wildman–Crippen LogP) is 1.06. The van der Waals surface area contributed by atoms with Gasteiger partial charge in [-0.3, -0.25) is 0 Å². The highest BCUT2D eigenvalue weighted by Gasteiger charge is 2.32. The van der Waals surface area contributed by atoms with E-state index in [4.69, 9.17) is 11.0 Å². The largest absolute Gasteiger partial charge is 0.396 e. The van der Waals surface area contributed by atoms with Crippen molar-refractivity contribution < 1.29 is 8.42 Å². The van der Waals surface area contributed by atoms with Gasteiger partial charge in [-0.15, -0.1) is 0 Å². The Morgan fingerprint density at radius 2 is 2.26 bits per heavy atom. The Bertz CT molecular complexity index is 622. The van der Waals surface area contributed by atoms with E-state index in [1.807, 2.05) is 6.07 Å². The molecule has 102 valence electrons. The second-order valence-electron chi connectivity index (χ2n) is 4.40. The molecule has 1 aliphatic rings. The van der Waals surface area contributed by atoms with Crippen molar-refractivity contribution in [3.05, 3.63) is 23.8 Å². The molecule has 1 saturated heterocycles. The molecule has 1 aromatic carbocycles. The first kappa shape index (κ1) is 14.0. The number of nitrogens with zero attached hydrogens (tertiary/aromatic N) is 2. The van der Waals surface area contributed by atoms with Crippen LogP contribution < -0.4 is 10.6 Å². The summed E-state index contributed by atoms with van der Waals surface area (Å²) in [6, 6.07) is 7.15. The Morgan fingerprint density at radius 1 is 1.53 bits per heavy atom. The average molecular weight is 297 g/mol. The lowest BCUT2D eigenvalue weighted by molar-refractivity contribution is 0.584. The SMILES string of the molecule is CS(=O)(=O)C1CSCCN1c1cccc(C#N)c1N. The second-order valence-corrected chi connectivity index (χ2v) is 7.76. The molecule has 0 spiro atoms. The number of nitrogens with two attached hydrogens (primary N) is 1. The second kappa shape index (κ2) is 5.31. The van der Waals surface area contributed by atoms with Gasteiger partial charge in [0.15, 0.2) is 9.84 Å². The van der Waals surface area contributed by atoms with E-state index in [1.54, 1.807) is 34.9 Å². The van der Waals surface area contributed by atoms with Crippen molar-refractivity contribution in [3.63, 3.8) is 0 Å². The summed E-state index contributed by atoms with van der Waals surface area (Å²) in [5.41, 5.74) is 7.33. The molecule has 0 radical (unpaired) electrons. The number of anilines is 2. The molecule has 1 heterocycles. The van der Waals surface area contributed by atoms with E-state index in [1.165, 1.54) is 6.26 Å². The quantitative estimate of drug-likeness (QED) is 0.821. The van der Waals surface area contributed by atoms with Gasteiger partial charge in [-0.2, -0.15) is 17.0 Å². The maximum Gasteiger partial charge on any atom is 0.169 e. The molecule has 0 bridgehead atoms. The minimum Gasteiger partial charge on any atom is -0.396 e. The molecule has 0 aromatic heterocycles. The molecule has 1 aromatic rings. The number of nitriles is 1. The topological polar surface area (TPSA) is 87.2 Å². The van der Waals surface area contributed by atoms with E-state index in [-0.39, 0.29) is 0 Å². The van der Waals surface area contributed by atoms with Gasteiger partial charge in [0, 0.05) is 24.3 Å². The lowest BCUT2D eigenvalue weighted by atomic mass is 10.1. The molecule has 5 nitrogen and oxygen atoms in total. The molecular formula is C12H15N3O2S2.